The number of anilines is 1. The molecule has 0 saturated carbocycles. The van der Waals surface area contributed by atoms with E-state index in [9.17, 15) is 0 Å². The highest BCUT2D eigenvalue weighted by Crippen LogP contribution is 2.15. The van der Waals surface area contributed by atoms with E-state index in [-0.39, 0.29) is 6.10 Å². The van der Waals surface area contributed by atoms with E-state index in [1.165, 1.54) is 16.9 Å². The summed E-state index contributed by atoms with van der Waals surface area (Å²) in [5.41, 5.74) is 2.90. The molecule has 0 spiro atoms. The van der Waals surface area contributed by atoms with Crippen LogP contribution >= 0.6 is 11.3 Å². The van der Waals surface area contributed by atoms with Gasteiger partial charge in [-0.2, -0.15) is 0 Å². The normalized spacial score (nSPS) is 10.5. The number of hydrogen-bond donors (Lipinski definition) is 1. The molecule has 0 atom stereocenters. The maximum atomic E-state index is 5.58. The number of hydrogen-bond acceptors (Lipinski definition) is 5. The maximum absolute atomic E-state index is 5.58. The van der Waals surface area contributed by atoms with Crippen LogP contribution < -0.4 is 10.1 Å². The summed E-state index contributed by atoms with van der Waals surface area (Å²) in [6.07, 6.45) is 0.209. The molecule has 0 radical (unpaired) electrons. The molecule has 5 heteroatoms. The Kier molecular flexibility index (Phi) is 3.93. The summed E-state index contributed by atoms with van der Waals surface area (Å²) >= 11 is 1.50. The second-order valence-electron chi connectivity index (χ2n) is 3.91. The lowest BCUT2D eigenvalue weighted by Crippen LogP contribution is -2.05. The first-order chi connectivity index (χ1) is 8.24. The molecular weight excluding hydrogens is 234 g/mol. The SMILES string of the molecule is CC(C)Oc1ccc(CNc2nncs2)cc1. The molecule has 0 bridgehead atoms. The Morgan fingerprint density at radius 1 is 1.29 bits per heavy atom. The van der Waals surface area contributed by atoms with Crippen molar-refractivity contribution in [2.45, 2.75) is 26.5 Å². The fraction of sp³-hybridized carbons (Fsp3) is 0.333. The van der Waals surface area contributed by atoms with E-state index >= 15 is 0 Å². The van der Waals surface area contributed by atoms with Crippen LogP contribution in [0.4, 0.5) is 5.13 Å². The summed E-state index contributed by atoms with van der Waals surface area (Å²) in [5.74, 6) is 0.902. The molecule has 1 N–H and O–H groups in total. The first-order valence-electron chi connectivity index (χ1n) is 5.49. The van der Waals surface area contributed by atoms with Gasteiger partial charge in [-0.25, -0.2) is 0 Å². The predicted molar refractivity (Wildman–Crippen MR) is 69.4 cm³/mol. The van der Waals surface area contributed by atoms with Crippen molar-refractivity contribution in [1.82, 2.24) is 10.2 Å². The van der Waals surface area contributed by atoms with Crippen LogP contribution in [0.25, 0.3) is 0 Å². The molecule has 4 nitrogen and oxygen atoms in total. The summed E-state index contributed by atoms with van der Waals surface area (Å²) in [7, 11) is 0. The molecular formula is C12H15N3OS. The first-order valence-corrected chi connectivity index (χ1v) is 6.37. The molecule has 1 aromatic carbocycles. The lowest BCUT2D eigenvalue weighted by molar-refractivity contribution is 0.242. The number of nitrogens with zero attached hydrogens (tertiary/aromatic N) is 2. The molecule has 1 aromatic heterocycles. The van der Waals surface area contributed by atoms with E-state index in [1.54, 1.807) is 5.51 Å². The van der Waals surface area contributed by atoms with Crippen molar-refractivity contribution >= 4 is 16.5 Å². The summed E-state index contributed by atoms with van der Waals surface area (Å²) in [4.78, 5) is 0. The minimum absolute atomic E-state index is 0.209. The van der Waals surface area contributed by atoms with Crippen LogP contribution in [0.3, 0.4) is 0 Å². The standard InChI is InChI=1S/C12H15N3OS/c1-9(2)16-11-5-3-10(4-6-11)7-13-12-15-14-8-17-12/h3-6,8-9H,7H2,1-2H3,(H,13,15). The van der Waals surface area contributed by atoms with Gasteiger partial charge in [0.05, 0.1) is 6.10 Å². The van der Waals surface area contributed by atoms with Gasteiger partial charge in [0.2, 0.25) is 5.13 Å². The highest BCUT2D eigenvalue weighted by Gasteiger charge is 1.99. The Morgan fingerprint density at radius 3 is 2.65 bits per heavy atom. The van der Waals surface area contributed by atoms with Gasteiger partial charge >= 0.3 is 0 Å². The summed E-state index contributed by atoms with van der Waals surface area (Å²) < 4.78 is 5.58. The number of ether oxygens (including phenoxy) is 1. The molecule has 0 saturated heterocycles. The van der Waals surface area contributed by atoms with Crippen LogP contribution in [0.1, 0.15) is 19.4 Å². The van der Waals surface area contributed by atoms with Gasteiger partial charge in [0, 0.05) is 6.54 Å². The molecule has 0 fully saturated rings. The summed E-state index contributed by atoms with van der Waals surface area (Å²) in [6, 6.07) is 8.06. The molecule has 2 aromatic rings. The van der Waals surface area contributed by atoms with Gasteiger partial charge in [-0.15, -0.1) is 10.2 Å². The van der Waals surface area contributed by atoms with E-state index in [4.69, 9.17) is 4.74 Å². The average molecular weight is 249 g/mol. The third-order valence-electron chi connectivity index (χ3n) is 2.10. The Morgan fingerprint density at radius 2 is 2.06 bits per heavy atom. The fourth-order valence-corrected chi connectivity index (χ4v) is 1.83. The minimum atomic E-state index is 0.209. The van der Waals surface area contributed by atoms with E-state index in [0.29, 0.717) is 0 Å². The molecule has 0 aliphatic heterocycles. The van der Waals surface area contributed by atoms with Gasteiger partial charge in [-0.05, 0) is 31.5 Å². The van der Waals surface area contributed by atoms with E-state index in [1.807, 2.05) is 38.1 Å². The number of nitrogens with one attached hydrogen (secondary N) is 1. The quantitative estimate of drug-likeness (QED) is 0.885. The Hall–Kier alpha value is -1.62. The largest absolute Gasteiger partial charge is 0.491 e. The zero-order valence-electron chi connectivity index (χ0n) is 9.88. The van der Waals surface area contributed by atoms with Crippen molar-refractivity contribution in [2.24, 2.45) is 0 Å². The lowest BCUT2D eigenvalue weighted by Gasteiger charge is -2.10. The van der Waals surface area contributed by atoms with Crippen molar-refractivity contribution in [3.8, 4) is 5.75 Å². The van der Waals surface area contributed by atoms with Crippen LogP contribution in [0.5, 0.6) is 5.75 Å². The van der Waals surface area contributed by atoms with E-state index in [0.717, 1.165) is 17.4 Å². The number of rotatable bonds is 5. The highest BCUT2D eigenvalue weighted by molar-refractivity contribution is 7.13. The Labute approximate surface area is 105 Å². The predicted octanol–water partition coefficient (Wildman–Crippen LogP) is 2.94. The molecule has 0 amide bonds. The minimum Gasteiger partial charge on any atom is -0.491 e. The zero-order valence-corrected chi connectivity index (χ0v) is 10.7. The van der Waals surface area contributed by atoms with Gasteiger partial charge in [-0.1, -0.05) is 23.5 Å². The van der Waals surface area contributed by atoms with Crippen LogP contribution in [0.15, 0.2) is 29.8 Å². The molecule has 90 valence electrons. The van der Waals surface area contributed by atoms with Crippen molar-refractivity contribution < 1.29 is 4.74 Å². The first kappa shape index (κ1) is 11.9. The van der Waals surface area contributed by atoms with Crippen LogP contribution in [-0.2, 0) is 6.54 Å². The average Bonchev–Trinajstić information content (AvgIpc) is 2.80. The zero-order chi connectivity index (χ0) is 12.1. The summed E-state index contributed by atoms with van der Waals surface area (Å²) in [6.45, 7) is 4.78. The topological polar surface area (TPSA) is 47.0 Å². The van der Waals surface area contributed by atoms with E-state index in [2.05, 4.69) is 15.5 Å². The Bertz CT molecular complexity index is 439. The molecule has 1 heterocycles. The molecule has 0 aliphatic carbocycles. The molecule has 2 rings (SSSR count). The second-order valence-corrected chi connectivity index (χ2v) is 4.74. The third-order valence-corrected chi connectivity index (χ3v) is 2.75. The molecule has 0 unspecified atom stereocenters. The van der Waals surface area contributed by atoms with Gasteiger partial charge in [0.15, 0.2) is 0 Å². The van der Waals surface area contributed by atoms with Crippen LogP contribution in [0, 0.1) is 0 Å². The van der Waals surface area contributed by atoms with Crippen LogP contribution in [-0.4, -0.2) is 16.3 Å². The maximum Gasteiger partial charge on any atom is 0.205 e. The second kappa shape index (κ2) is 5.63. The number of aromatic nitrogens is 2. The number of benzene rings is 1. The van der Waals surface area contributed by atoms with Crippen molar-refractivity contribution in [2.75, 3.05) is 5.32 Å². The van der Waals surface area contributed by atoms with Crippen molar-refractivity contribution in [3.05, 3.63) is 35.3 Å². The molecule has 17 heavy (non-hydrogen) atoms. The summed E-state index contributed by atoms with van der Waals surface area (Å²) in [5, 5.41) is 11.7. The molecule has 0 aliphatic rings. The van der Waals surface area contributed by atoms with Gasteiger partial charge in [0.25, 0.3) is 0 Å². The van der Waals surface area contributed by atoms with E-state index < -0.39 is 0 Å². The third kappa shape index (κ3) is 3.71. The van der Waals surface area contributed by atoms with Crippen molar-refractivity contribution in [3.63, 3.8) is 0 Å². The van der Waals surface area contributed by atoms with Gasteiger partial charge in [0.1, 0.15) is 11.3 Å². The lowest BCUT2D eigenvalue weighted by atomic mass is 10.2. The van der Waals surface area contributed by atoms with Gasteiger partial charge < -0.3 is 10.1 Å². The van der Waals surface area contributed by atoms with Crippen LogP contribution in [0.2, 0.25) is 0 Å². The highest BCUT2D eigenvalue weighted by atomic mass is 32.1. The van der Waals surface area contributed by atoms with Gasteiger partial charge in [-0.3, -0.25) is 0 Å². The monoisotopic (exact) mass is 249 g/mol. The Balaban J connectivity index is 1.89. The smallest absolute Gasteiger partial charge is 0.205 e. The van der Waals surface area contributed by atoms with Crippen molar-refractivity contribution in [1.29, 1.82) is 0 Å². The fourth-order valence-electron chi connectivity index (χ4n) is 1.39.